The molecule has 0 amide bonds. The van der Waals surface area contributed by atoms with Crippen LogP contribution in [-0.2, 0) is 9.59 Å². The van der Waals surface area contributed by atoms with Crippen LogP contribution in [0.25, 0.3) is 0 Å². The summed E-state index contributed by atoms with van der Waals surface area (Å²) in [6, 6.07) is 0. The Labute approximate surface area is 137 Å². The Hall–Kier alpha value is -1.46. The number of unbranched alkanes of at least 4 members (excludes halogenated alkanes) is 2. The highest BCUT2D eigenvalue weighted by Crippen LogP contribution is 2.32. The first-order chi connectivity index (χ1) is 11.0. The second-order valence-corrected chi connectivity index (χ2v) is 6.13. The van der Waals surface area contributed by atoms with Gasteiger partial charge in [-0.15, -0.1) is 0 Å². The second kappa shape index (κ2) is 10.3. The first-order valence-corrected chi connectivity index (χ1v) is 8.39. The number of ketones is 1. The van der Waals surface area contributed by atoms with Gasteiger partial charge in [0.1, 0.15) is 5.78 Å². The van der Waals surface area contributed by atoms with Crippen LogP contribution in [0.5, 0.6) is 0 Å². The summed E-state index contributed by atoms with van der Waals surface area (Å²) in [4.78, 5) is 22.1. The van der Waals surface area contributed by atoms with Crippen molar-refractivity contribution >= 4 is 11.8 Å². The monoisotopic (exact) mass is 324 g/mol. The summed E-state index contributed by atoms with van der Waals surface area (Å²) >= 11 is 0. The second-order valence-electron chi connectivity index (χ2n) is 6.13. The van der Waals surface area contributed by atoms with Crippen LogP contribution in [0, 0.1) is 11.8 Å². The Morgan fingerprint density at radius 2 is 2.09 bits per heavy atom. The van der Waals surface area contributed by atoms with Crippen molar-refractivity contribution in [2.45, 2.75) is 64.1 Å². The molecular formula is C18H28O5. The van der Waals surface area contributed by atoms with Gasteiger partial charge in [0.2, 0.25) is 0 Å². The van der Waals surface area contributed by atoms with Crippen LogP contribution in [-0.4, -0.2) is 39.3 Å². The minimum Gasteiger partial charge on any atom is -0.481 e. The Balaban J connectivity index is 2.28. The maximum atomic E-state index is 11.7. The number of Topliss-reactive ketones (excluding diaryl/α,β-unsaturated/α-hetero) is 1. The molecule has 130 valence electrons. The van der Waals surface area contributed by atoms with Gasteiger partial charge in [-0.3, -0.25) is 9.59 Å². The third-order valence-corrected chi connectivity index (χ3v) is 4.28. The number of aliphatic carboxylic acids is 1. The van der Waals surface area contributed by atoms with Crippen molar-refractivity contribution in [3.05, 3.63) is 24.3 Å². The topological polar surface area (TPSA) is 94.8 Å². The Bertz CT molecular complexity index is 441. The molecule has 5 nitrogen and oxygen atoms in total. The van der Waals surface area contributed by atoms with E-state index >= 15 is 0 Å². The molecule has 1 saturated carbocycles. The van der Waals surface area contributed by atoms with Gasteiger partial charge in [-0.25, -0.2) is 0 Å². The summed E-state index contributed by atoms with van der Waals surface area (Å²) in [7, 11) is 0. The van der Waals surface area contributed by atoms with Gasteiger partial charge in [-0.1, -0.05) is 31.2 Å². The maximum Gasteiger partial charge on any atom is 0.303 e. The molecule has 0 spiro atoms. The highest BCUT2D eigenvalue weighted by molar-refractivity contribution is 5.84. The molecule has 1 rings (SSSR count). The molecule has 1 aliphatic carbocycles. The van der Waals surface area contributed by atoms with Crippen LogP contribution >= 0.6 is 0 Å². The van der Waals surface area contributed by atoms with Gasteiger partial charge in [0.25, 0.3) is 0 Å². The molecule has 0 saturated heterocycles. The Morgan fingerprint density at radius 1 is 1.35 bits per heavy atom. The van der Waals surface area contributed by atoms with Gasteiger partial charge in [0.05, 0.1) is 12.2 Å². The molecule has 0 unspecified atom stereocenters. The normalized spacial score (nSPS) is 26.4. The minimum atomic E-state index is -0.771. The molecule has 0 bridgehead atoms. The number of rotatable bonds is 10. The highest BCUT2D eigenvalue weighted by atomic mass is 16.4. The molecule has 1 aliphatic rings. The van der Waals surface area contributed by atoms with E-state index < -0.39 is 18.2 Å². The zero-order valence-electron chi connectivity index (χ0n) is 13.7. The molecular weight excluding hydrogens is 296 g/mol. The number of carbonyl (C=O) groups excluding carboxylic acids is 1. The summed E-state index contributed by atoms with van der Waals surface area (Å²) in [5, 5.41) is 28.3. The van der Waals surface area contributed by atoms with Crippen molar-refractivity contribution < 1.29 is 24.9 Å². The number of carboxylic acid groups (broad SMARTS) is 1. The van der Waals surface area contributed by atoms with Crippen molar-refractivity contribution in [1.29, 1.82) is 0 Å². The lowest BCUT2D eigenvalue weighted by molar-refractivity contribution is -0.137. The zero-order valence-corrected chi connectivity index (χ0v) is 13.7. The molecule has 0 heterocycles. The average molecular weight is 324 g/mol. The number of carbonyl (C=O) groups is 2. The standard InChI is InChI=1S/C18H28O5/c1-2-14-15(17(21)12-16(14)20)11-10-13(19)8-6-4-3-5-7-9-18(22)23/h4,6,10-11,13-15,17,19,21H,2-3,5,7-9,12H2,1H3,(H,22,23)/b6-4-,11-10+/t13-,14-,15+,17+/m0/s1. The van der Waals surface area contributed by atoms with Crippen LogP contribution in [0.15, 0.2) is 24.3 Å². The number of aliphatic hydroxyl groups excluding tert-OH is 2. The lowest BCUT2D eigenvalue weighted by atomic mass is 9.91. The van der Waals surface area contributed by atoms with Crippen LogP contribution < -0.4 is 0 Å². The molecule has 4 atom stereocenters. The molecule has 0 aromatic carbocycles. The molecule has 1 fully saturated rings. The third-order valence-electron chi connectivity index (χ3n) is 4.28. The fraction of sp³-hybridized carbons (Fsp3) is 0.667. The Morgan fingerprint density at radius 3 is 2.74 bits per heavy atom. The zero-order chi connectivity index (χ0) is 17.2. The van der Waals surface area contributed by atoms with E-state index in [0.29, 0.717) is 19.3 Å². The van der Waals surface area contributed by atoms with E-state index in [2.05, 4.69) is 0 Å². The quantitative estimate of drug-likeness (QED) is 0.424. The first kappa shape index (κ1) is 19.6. The minimum absolute atomic E-state index is 0.102. The van der Waals surface area contributed by atoms with E-state index in [9.17, 15) is 19.8 Å². The predicted octanol–water partition coefficient (Wildman–Crippen LogP) is 2.47. The number of aliphatic hydroxyl groups is 2. The van der Waals surface area contributed by atoms with E-state index in [-0.39, 0.29) is 30.5 Å². The predicted molar refractivity (Wildman–Crippen MR) is 87.9 cm³/mol. The number of hydrogen-bond acceptors (Lipinski definition) is 4. The van der Waals surface area contributed by atoms with Crippen LogP contribution in [0.4, 0.5) is 0 Å². The number of hydrogen-bond donors (Lipinski definition) is 3. The van der Waals surface area contributed by atoms with E-state index in [1.165, 1.54) is 0 Å². The number of carboxylic acids is 1. The third kappa shape index (κ3) is 7.10. The molecule has 0 aliphatic heterocycles. The molecule has 5 heteroatoms. The van der Waals surface area contributed by atoms with Crippen molar-refractivity contribution in [2.75, 3.05) is 0 Å². The van der Waals surface area contributed by atoms with Crippen LogP contribution in [0.2, 0.25) is 0 Å². The molecule has 23 heavy (non-hydrogen) atoms. The fourth-order valence-corrected chi connectivity index (χ4v) is 2.97. The van der Waals surface area contributed by atoms with Gasteiger partial charge in [-0.2, -0.15) is 0 Å². The Kier molecular flexibility index (Phi) is 8.81. The summed E-state index contributed by atoms with van der Waals surface area (Å²) in [5.41, 5.74) is 0. The van der Waals surface area contributed by atoms with Gasteiger partial charge >= 0.3 is 5.97 Å². The van der Waals surface area contributed by atoms with E-state index in [0.717, 1.165) is 12.8 Å². The van der Waals surface area contributed by atoms with Crippen molar-refractivity contribution in [1.82, 2.24) is 0 Å². The summed E-state index contributed by atoms with van der Waals surface area (Å²) < 4.78 is 0. The number of allylic oxidation sites excluding steroid dienone is 1. The van der Waals surface area contributed by atoms with Gasteiger partial charge in [0.15, 0.2) is 0 Å². The van der Waals surface area contributed by atoms with E-state index in [1.54, 1.807) is 12.2 Å². The van der Waals surface area contributed by atoms with Crippen LogP contribution in [0.1, 0.15) is 51.9 Å². The molecule has 0 aromatic heterocycles. The van der Waals surface area contributed by atoms with Crippen molar-refractivity contribution in [3.63, 3.8) is 0 Å². The van der Waals surface area contributed by atoms with E-state index in [1.807, 2.05) is 19.1 Å². The first-order valence-electron chi connectivity index (χ1n) is 8.39. The van der Waals surface area contributed by atoms with Gasteiger partial charge < -0.3 is 15.3 Å². The van der Waals surface area contributed by atoms with Crippen LogP contribution in [0.3, 0.4) is 0 Å². The largest absolute Gasteiger partial charge is 0.481 e. The van der Waals surface area contributed by atoms with Crippen molar-refractivity contribution in [3.8, 4) is 0 Å². The SMILES string of the molecule is CC[C@@H]1C(=O)C[C@@H](O)[C@@H]1/C=C/[C@@H](O)C/C=C\CCCCC(=O)O. The van der Waals surface area contributed by atoms with Gasteiger partial charge in [-0.05, 0) is 32.1 Å². The summed E-state index contributed by atoms with van der Waals surface area (Å²) in [5.74, 6) is -1.00. The van der Waals surface area contributed by atoms with E-state index in [4.69, 9.17) is 5.11 Å². The fourth-order valence-electron chi connectivity index (χ4n) is 2.97. The molecule has 0 aromatic rings. The molecule has 3 N–H and O–H groups in total. The smallest absolute Gasteiger partial charge is 0.303 e. The average Bonchev–Trinajstić information content (AvgIpc) is 2.76. The summed E-state index contributed by atoms with van der Waals surface area (Å²) in [6.45, 7) is 1.94. The lowest BCUT2D eigenvalue weighted by Gasteiger charge is -2.16. The summed E-state index contributed by atoms with van der Waals surface area (Å²) in [6.07, 6.45) is 9.85. The van der Waals surface area contributed by atoms with Crippen molar-refractivity contribution in [2.24, 2.45) is 11.8 Å². The van der Waals surface area contributed by atoms with Gasteiger partial charge in [0, 0.05) is 24.7 Å². The lowest BCUT2D eigenvalue weighted by Crippen LogP contribution is -2.18. The maximum absolute atomic E-state index is 11.7. The molecule has 0 radical (unpaired) electrons. The highest BCUT2D eigenvalue weighted by Gasteiger charge is 2.38.